The van der Waals surface area contributed by atoms with E-state index in [0.29, 0.717) is 11.6 Å². The van der Waals surface area contributed by atoms with Crippen molar-refractivity contribution in [3.8, 4) is 0 Å². The summed E-state index contributed by atoms with van der Waals surface area (Å²) in [5.41, 5.74) is 1.03. The van der Waals surface area contributed by atoms with Gasteiger partial charge in [-0.1, -0.05) is 23.7 Å². The summed E-state index contributed by atoms with van der Waals surface area (Å²) in [7, 11) is 0. The summed E-state index contributed by atoms with van der Waals surface area (Å²) in [5, 5.41) is 6.66. The Morgan fingerprint density at radius 1 is 1.36 bits per heavy atom. The molecule has 22 heavy (non-hydrogen) atoms. The topological polar surface area (TPSA) is 50.4 Å². The molecule has 1 fully saturated rings. The second kappa shape index (κ2) is 8.09. The molecule has 1 aliphatic heterocycles. The van der Waals surface area contributed by atoms with Crippen molar-refractivity contribution >= 4 is 29.4 Å². The van der Waals surface area contributed by atoms with E-state index in [4.69, 9.17) is 16.3 Å². The summed E-state index contributed by atoms with van der Waals surface area (Å²) in [5.74, 6) is 0. The fourth-order valence-electron chi connectivity index (χ4n) is 2.52. The lowest BCUT2D eigenvalue weighted by Crippen LogP contribution is -2.47. The molecule has 1 heterocycles. The quantitative estimate of drug-likeness (QED) is 0.859. The van der Waals surface area contributed by atoms with E-state index in [9.17, 15) is 4.79 Å². The first-order valence-electron chi connectivity index (χ1n) is 7.47. The number of nitrogens with one attached hydrogen (secondary N) is 2. The van der Waals surface area contributed by atoms with Crippen LogP contribution in [0, 0.1) is 0 Å². The Labute approximate surface area is 141 Å². The lowest BCUT2D eigenvalue weighted by Gasteiger charge is -2.35. The van der Waals surface area contributed by atoms with Gasteiger partial charge >= 0.3 is 6.03 Å². The molecule has 1 aromatic carbocycles. The highest BCUT2D eigenvalue weighted by Crippen LogP contribution is 2.32. The number of carbonyl (C=O) groups excluding carboxylic acids is 1. The fraction of sp³-hybridized carbons (Fsp3) is 0.562. The summed E-state index contributed by atoms with van der Waals surface area (Å²) in [4.78, 5) is 12.1. The number of halogens is 1. The Morgan fingerprint density at radius 3 is 2.59 bits per heavy atom. The predicted molar refractivity (Wildman–Crippen MR) is 92.7 cm³/mol. The van der Waals surface area contributed by atoms with E-state index in [1.807, 2.05) is 43.0 Å². The molecule has 6 heteroatoms. The van der Waals surface area contributed by atoms with Crippen molar-refractivity contribution in [3.63, 3.8) is 0 Å². The molecule has 0 unspecified atom stereocenters. The molecule has 1 atom stereocenters. The van der Waals surface area contributed by atoms with Gasteiger partial charge < -0.3 is 15.4 Å². The largest absolute Gasteiger partial charge is 0.381 e. The van der Waals surface area contributed by atoms with Crippen LogP contribution < -0.4 is 10.6 Å². The van der Waals surface area contributed by atoms with E-state index in [0.717, 1.165) is 31.6 Å². The molecule has 0 spiro atoms. The molecule has 0 radical (unpaired) electrons. The zero-order chi connectivity index (χ0) is 16.0. The third kappa shape index (κ3) is 4.80. The Balaban J connectivity index is 1.83. The smallest absolute Gasteiger partial charge is 0.315 e. The SMILES string of the molecule is CSC1(CNC(=O)N[C@@H](C)c2ccc(Cl)cc2)CCOCC1. The summed E-state index contributed by atoms with van der Waals surface area (Å²) >= 11 is 7.69. The third-order valence-corrected chi connectivity index (χ3v) is 5.80. The Bertz CT molecular complexity index is 489. The van der Waals surface area contributed by atoms with Crippen molar-refractivity contribution in [1.29, 1.82) is 0 Å². The molecule has 122 valence electrons. The van der Waals surface area contributed by atoms with Crippen molar-refractivity contribution in [3.05, 3.63) is 34.9 Å². The van der Waals surface area contributed by atoms with Crippen molar-refractivity contribution < 1.29 is 9.53 Å². The number of amides is 2. The van der Waals surface area contributed by atoms with Crippen LogP contribution in [0.4, 0.5) is 4.79 Å². The number of thioether (sulfide) groups is 1. The van der Waals surface area contributed by atoms with Crippen LogP contribution in [0.25, 0.3) is 0 Å². The van der Waals surface area contributed by atoms with Crippen LogP contribution in [0.3, 0.4) is 0 Å². The van der Waals surface area contributed by atoms with Crippen LogP contribution in [0.5, 0.6) is 0 Å². The summed E-state index contributed by atoms with van der Waals surface area (Å²) in [6, 6.07) is 7.32. The van der Waals surface area contributed by atoms with E-state index < -0.39 is 0 Å². The van der Waals surface area contributed by atoms with Crippen LogP contribution >= 0.6 is 23.4 Å². The average Bonchev–Trinajstić information content (AvgIpc) is 2.54. The first kappa shape index (κ1) is 17.4. The van der Waals surface area contributed by atoms with Crippen molar-refractivity contribution in [2.45, 2.75) is 30.6 Å². The van der Waals surface area contributed by atoms with Crippen LogP contribution in [0.2, 0.25) is 5.02 Å². The molecule has 1 aliphatic rings. The molecule has 0 aliphatic carbocycles. The van der Waals surface area contributed by atoms with E-state index in [2.05, 4.69) is 16.9 Å². The first-order valence-corrected chi connectivity index (χ1v) is 9.08. The van der Waals surface area contributed by atoms with Gasteiger partial charge in [0.05, 0.1) is 6.04 Å². The van der Waals surface area contributed by atoms with E-state index in [1.54, 1.807) is 0 Å². The van der Waals surface area contributed by atoms with E-state index in [1.165, 1.54) is 0 Å². The second-order valence-corrected chi connectivity index (χ2v) is 7.31. The summed E-state index contributed by atoms with van der Waals surface area (Å²) in [6.07, 6.45) is 4.05. The van der Waals surface area contributed by atoms with Gasteiger partial charge in [-0.25, -0.2) is 4.79 Å². The minimum Gasteiger partial charge on any atom is -0.381 e. The Hall–Kier alpha value is -0.910. The zero-order valence-corrected chi connectivity index (χ0v) is 14.6. The normalized spacial score (nSPS) is 18.5. The minimum absolute atomic E-state index is 0.0582. The highest BCUT2D eigenvalue weighted by Gasteiger charge is 2.32. The molecular formula is C16H23ClN2O2S. The third-order valence-electron chi connectivity index (χ3n) is 4.13. The highest BCUT2D eigenvalue weighted by molar-refractivity contribution is 8.00. The molecule has 0 saturated carbocycles. The molecule has 4 nitrogen and oxygen atoms in total. The van der Waals surface area contributed by atoms with Crippen LogP contribution in [-0.2, 0) is 4.74 Å². The van der Waals surface area contributed by atoms with E-state index >= 15 is 0 Å². The number of rotatable bonds is 5. The maximum absolute atomic E-state index is 12.1. The van der Waals surface area contributed by atoms with Crippen molar-refractivity contribution in [2.75, 3.05) is 26.0 Å². The summed E-state index contributed by atoms with van der Waals surface area (Å²) < 4.78 is 5.51. The first-order chi connectivity index (χ1) is 10.5. The van der Waals surface area contributed by atoms with Gasteiger partial charge in [-0.2, -0.15) is 11.8 Å². The number of urea groups is 1. The Kier molecular flexibility index (Phi) is 6.41. The lowest BCUT2D eigenvalue weighted by molar-refractivity contribution is 0.0777. The lowest BCUT2D eigenvalue weighted by atomic mass is 9.99. The van der Waals surface area contributed by atoms with Gasteiger partial charge in [-0.05, 0) is 43.7 Å². The van der Waals surface area contributed by atoms with Gasteiger partial charge in [-0.3, -0.25) is 0 Å². The molecule has 0 aromatic heterocycles. The maximum Gasteiger partial charge on any atom is 0.315 e. The van der Waals surface area contributed by atoms with Crippen LogP contribution in [0.15, 0.2) is 24.3 Å². The highest BCUT2D eigenvalue weighted by atomic mass is 35.5. The second-order valence-electron chi connectivity index (χ2n) is 5.60. The van der Waals surface area contributed by atoms with Crippen LogP contribution in [-0.4, -0.2) is 36.8 Å². The Morgan fingerprint density at radius 2 is 2.00 bits per heavy atom. The summed E-state index contributed by atoms with van der Waals surface area (Å²) in [6.45, 7) is 4.16. The van der Waals surface area contributed by atoms with E-state index in [-0.39, 0.29) is 16.8 Å². The number of hydrogen-bond acceptors (Lipinski definition) is 3. The van der Waals surface area contributed by atoms with Gasteiger partial charge in [0, 0.05) is 29.5 Å². The van der Waals surface area contributed by atoms with Gasteiger partial charge in [-0.15, -0.1) is 0 Å². The standard InChI is InChI=1S/C16H23ClN2O2S/c1-12(13-3-5-14(17)6-4-13)19-15(20)18-11-16(22-2)7-9-21-10-8-16/h3-6,12H,7-11H2,1-2H3,(H2,18,19,20)/t12-/m0/s1. The van der Waals surface area contributed by atoms with Crippen molar-refractivity contribution in [2.24, 2.45) is 0 Å². The van der Waals surface area contributed by atoms with Gasteiger partial charge in [0.25, 0.3) is 0 Å². The monoisotopic (exact) mass is 342 g/mol. The predicted octanol–water partition coefficient (Wildman–Crippen LogP) is 3.61. The van der Waals surface area contributed by atoms with Gasteiger partial charge in [0.2, 0.25) is 0 Å². The minimum atomic E-state index is -0.137. The fourth-order valence-corrected chi connectivity index (χ4v) is 3.44. The molecular weight excluding hydrogens is 320 g/mol. The molecule has 1 saturated heterocycles. The molecule has 2 N–H and O–H groups in total. The number of benzene rings is 1. The maximum atomic E-state index is 12.1. The van der Waals surface area contributed by atoms with Crippen molar-refractivity contribution in [1.82, 2.24) is 10.6 Å². The number of ether oxygens (including phenoxy) is 1. The number of carbonyl (C=O) groups is 1. The number of hydrogen-bond donors (Lipinski definition) is 2. The molecule has 2 amide bonds. The zero-order valence-electron chi connectivity index (χ0n) is 13.0. The average molecular weight is 343 g/mol. The molecule has 2 rings (SSSR count). The van der Waals surface area contributed by atoms with Gasteiger partial charge in [0.15, 0.2) is 0 Å². The van der Waals surface area contributed by atoms with Gasteiger partial charge in [0.1, 0.15) is 0 Å². The molecule has 0 bridgehead atoms. The molecule has 1 aromatic rings. The van der Waals surface area contributed by atoms with Crippen LogP contribution in [0.1, 0.15) is 31.4 Å².